The summed E-state index contributed by atoms with van der Waals surface area (Å²) in [6.07, 6.45) is 9.06. The van der Waals surface area contributed by atoms with E-state index in [2.05, 4.69) is 39.0 Å². The zero-order valence-corrected chi connectivity index (χ0v) is 17.8. The van der Waals surface area contributed by atoms with Crippen LogP contribution in [0.4, 0.5) is 0 Å². The Bertz CT molecular complexity index is 826. The van der Waals surface area contributed by atoms with Crippen LogP contribution in [0.1, 0.15) is 46.1 Å². The van der Waals surface area contributed by atoms with Gasteiger partial charge in [-0.2, -0.15) is 0 Å². The first-order valence-electron chi connectivity index (χ1n) is 10.6. The predicted molar refractivity (Wildman–Crippen MR) is 117 cm³/mol. The Morgan fingerprint density at radius 1 is 1.28 bits per heavy atom. The van der Waals surface area contributed by atoms with Crippen LogP contribution in [0.2, 0.25) is 0 Å². The Labute approximate surface area is 174 Å². The highest BCUT2D eigenvalue weighted by atomic mass is 16.6. The number of benzene rings is 1. The molecule has 156 valence electrons. The maximum atomic E-state index is 12.3. The standard InChI is InChI=1S/C25H33NO3/c1-5-21-17(3)15-25(28)23(18(4)29-24(25)27)22(21)14-13-20(26)12-11-16(2)19-9-7-6-8-10-19/h6-14,17-18,21-23,28H,5,15,26H2,1-4H3/b14-13+,16-11+,20-12-. The van der Waals surface area contributed by atoms with Crippen LogP contribution < -0.4 is 5.73 Å². The number of rotatable bonds is 5. The quantitative estimate of drug-likeness (QED) is 0.570. The third-order valence-electron chi connectivity index (χ3n) is 6.71. The normalized spacial score (nSPS) is 35.6. The topological polar surface area (TPSA) is 72.5 Å². The molecular weight excluding hydrogens is 362 g/mol. The molecule has 0 amide bonds. The molecule has 4 nitrogen and oxygen atoms in total. The Morgan fingerprint density at radius 3 is 2.62 bits per heavy atom. The molecule has 0 spiro atoms. The van der Waals surface area contributed by atoms with Crippen molar-refractivity contribution in [2.75, 3.05) is 0 Å². The van der Waals surface area contributed by atoms with Crippen LogP contribution in [-0.2, 0) is 9.53 Å². The van der Waals surface area contributed by atoms with Gasteiger partial charge < -0.3 is 15.6 Å². The van der Waals surface area contributed by atoms with E-state index in [1.54, 1.807) is 0 Å². The molecule has 3 N–H and O–H groups in total. The largest absolute Gasteiger partial charge is 0.460 e. The van der Waals surface area contributed by atoms with E-state index in [0.717, 1.165) is 17.6 Å². The maximum absolute atomic E-state index is 12.3. The SMILES string of the molecule is CCC1C(C)CC2(O)C(=O)OC(C)C2C1/C=C/C(N)=C/C=C(\C)c1ccccc1. The minimum atomic E-state index is -1.39. The maximum Gasteiger partial charge on any atom is 0.338 e. The van der Waals surface area contributed by atoms with E-state index in [1.165, 1.54) is 0 Å². The van der Waals surface area contributed by atoms with Crippen LogP contribution >= 0.6 is 0 Å². The van der Waals surface area contributed by atoms with E-state index in [-0.39, 0.29) is 23.9 Å². The number of aliphatic hydroxyl groups is 1. The smallest absolute Gasteiger partial charge is 0.338 e. The van der Waals surface area contributed by atoms with E-state index in [4.69, 9.17) is 10.5 Å². The summed E-state index contributed by atoms with van der Waals surface area (Å²) < 4.78 is 5.44. The minimum absolute atomic E-state index is 0.0429. The van der Waals surface area contributed by atoms with Gasteiger partial charge in [0.25, 0.3) is 0 Å². The molecule has 0 bridgehead atoms. The molecule has 1 saturated heterocycles. The highest BCUT2D eigenvalue weighted by Gasteiger charge is 2.62. The molecule has 29 heavy (non-hydrogen) atoms. The lowest BCUT2D eigenvalue weighted by Crippen LogP contribution is -2.53. The fourth-order valence-corrected chi connectivity index (χ4v) is 5.24. The number of carbonyl (C=O) groups is 1. The van der Waals surface area contributed by atoms with Crippen molar-refractivity contribution in [2.45, 2.75) is 52.2 Å². The number of fused-ring (bicyclic) bond motifs is 1. The summed E-state index contributed by atoms with van der Waals surface area (Å²) in [6.45, 7) is 8.22. The highest BCUT2D eigenvalue weighted by molar-refractivity contribution is 5.82. The summed E-state index contributed by atoms with van der Waals surface area (Å²) >= 11 is 0. The lowest BCUT2D eigenvalue weighted by atomic mass is 9.59. The lowest BCUT2D eigenvalue weighted by Gasteiger charge is -2.45. The molecule has 1 aliphatic heterocycles. The van der Waals surface area contributed by atoms with Crippen molar-refractivity contribution in [1.82, 2.24) is 0 Å². The summed E-state index contributed by atoms with van der Waals surface area (Å²) in [7, 11) is 0. The van der Waals surface area contributed by atoms with Gasteiger partial charge in [-0.3, -0.25) is 0 Å². The number of nitrogens with two attached hydrogens (primary N) is 1. The molecule has 6 unspecified atom stereocenters. The molecule has 1 saturated carbocycles. The van der Waals surface area contributed by atoms with Gasteiger partial charge in [0.2, 0.25) is 0 Å². The molecule has 1 aromatic carbocycles. The van der Waals surface area contributed by atoms with Crippen LogP contribution in [0.3, 0.4) is 0 Å². The van der Waals surface area contributed by atoms with Crippen LogP contribution in [0, 0.1) is 23.7 Å². The first-order valence-corrected chi connectivity index (χ1v) is 10.6. The summed E-state index contributed by atoms with van der Waals surface area (Å²) in [5.41, 5.74) is 7.80. The Kier molecular flexibility index (Phi) is 6.33. The van der Waals surface area contributed by atoms with E-state index >= 15 is 0 Å². The molecule has 1 aliphatic carbocycles. The van der Waals surface area contributed by atoms with Crippen LogP contribution in [0.15, 0.2) is 60.3 Å². The Morgan fingerprint density at radius 2 is 1.97 bits per heavy atom. The molecule has 2 aliphatic rings. The van der Waals surface area contributed by atoms with Gasteiger partial charge in [0.15, 0.2) is 5.60 Å². The molecule has 3 rings (SSSR count). The van der Waals surface area contributed by atoms with Gasteiger partial charge in [0.05, 0.1) is 0 Å². The van der Waals surface area contributed by atoms with Crippen molar-refractivity contribution >= 4 is 11.5 Å². The molecular formula is C25H33NO3. The summed E-state index contributed by atoms with van der Waals surface area (Å²) in [4.78, 5) is 12.3. The third kappa shape index (κ3) is 4.18. The van der Waals surface area contributed by atoms with Gasteiger partial charge in [-0.25, -0.2) is 4.79 Å². The number of esters is 1. The number of cyclic esters (lactones) is 1. The molecule has 4 heteroatoms. The molecule has 0 aromatic heterocycles. The molecule has 1 heterocycles. The van der Waals surface area contributed by atoms with Crippen molar-refractivity contribution in [1.29, 1.82) is 0 Å². The summed E-state index contributed by atoms with van der Waals surface area (Å²) in [5, 5.41) is 11.1. The second-order valence-corrected chi connectivity index (χ2v) is 8.63. The fourth-order valence-electron chi connectivity index (χ4n) is 5.24. The van der Waals surface area contributed by atoms with Crippen molar-refractivity contribution in [3.63, 3.8) is 0 Å². The molecule has 0 radical (unpaired) electrons. The van der Waals surface area contributed by atoms with E-state index in [9.17, 15) is 9.90 Å². The number of ether oxygens (including phenoxy) is 1. The summed E-state index contributed by atoms with van der Waals surface area (Å²) in [5.74, 6) is -0.0510. The average Bonchev–Trinajstić information content (AvgIpc) is 2.92. The predicted octanol–water partition coefficient (Wildman–Crippen LogP) is 4.46. The zero-order valence-electron chi connectivity index (χ0n) is 17.8. The average molecular weight is 396 g/mol. The summed E-state index contributed by atoms with van der Waals surface area (Å²) in [6, 6.07) is 10.2. The van der Waals surface area contributed by atoms with E-state index < -0.39 is 11.6 Å². The van der Waals surface area contributed by atoms with Crippen molar-refractivity contribution in [3.8, 4) is 0 Å². The van der Waals surface area contributed by atoms with Gasteiger partial charge >= 0.3 is 5.97 Å². The van der Waals surface area contributed by atoms with Gasteiger partial charge in [-0.05, 0) is 61.3 Å². The Balaban J connectivity index is 1.83. The van der Waals surface area contributed by atoms with E-state index in [0.29, 0.717) is 18.0 Å². The molecule has 6 atom stereocenters. The minimum Gasteiger partial charge on any atom is -0.460 e. The highest BCUT2D eigenvalue weighted by Crippen LogP contribution is 2.52. The molecule has 2 fully saturated rings. The number of carbonyl (C=O) groups excluding carboxylic acids is 1. The van der Waals surface area contributed by atoms with Gasteiger partial charge in [-0.1, -0.05) is 62.8 Å². The Hall–Kier alpha value is -2.33. The second kappa shape index (κ2) is 8.58. The van der Waals surface area contributed by atoms with Crippen molar-refractivity contribution in [3.05, 3.63) is 65.9 Å². The number of allylic oxidation sites excluding steroid dienone is 5. The van der Waals surface area contributed by atoms with Crippen molar-refractivity contribution < 1.29 is 14.6 Å². The van der Waals surface area contributed by atoms with Crippen LogP contribution in [0.5, 0.6) is 0 Å². The van der Waals surface area contributed by atoms with Crippen LogP contribution in [-0.4, -0.2) is 22.8 Å². The number of hydrogen-bond acceptors (Lipinski definition) is 4. The van der Waals surface area contributed by atoms with Gasteiger partial charge in [0, 0.05) is 11.6 Å². The van der Waals surface area contributed by atoms with Gasteiger partial charge in [-0.15, -0.1) is 0 Å². The van der Waals surface area contributed by atoms with Crippen LogP contribution in [0.25, 0.3) is 5.57 Å². The first-order chi connectivity index (χ1) is 13.8. The monoisotopic (exact) mass is 395 g/mol. The molecule has 1 aromatic rings. The zero-order chi connectivity index (χ0) is 21.2. The third-order valence-corrected chi connectivity index (χ3v) is 6.71. The number of hydrogen-bond donors (Lipinski definition) is 2. The first kappa shape index (κ1) is 21.4. The fraction of sp³-hybridized carbons (Fsp3) is 0.480. The van der Waals surface area contributed by atoms with E-state index in [1.807, 2.05) is 43.4 Å². The van der Waals surface area contributed by atoms with Gasteiger partial charge in [0.1, 0.15) is 6.10 Å². The van der Waals surface area contributed by atoms with Crippen molar-refractivity contribution in [2.24, 2.45) is 29.4 Å². The lowest BCUT2D eigenvalue weighted by molar-refractivity contribution is -0.160. The second-order valence-electron chi connectivity index (χ2n) is 8.63.